The van der Waals surface area contributed by atoms with Crippen molar-refractivity contribution in [2.24, 2.45) is 16.2 Å². The second-order valence-corrected chi connectivity index (χ2v) is 10.4. The lowest BCUT2D eigenvalue weighted by Gasteiger charge is -2.59. The Morgan fingerprint density at radius 1 is 0.543 bits per heavy atom. The van der Waals surface area contributed by atoms with E-state index >= 15 is 0 Å². The van der Waals surface area contributed by atoms with Crippen molar-refractivity contribution in [3.63, 3.8) is 0 Å². The lowest BCUT2D eigenvalue weighted by atomic mass is 9.49. The first-order valence-electron chi connectivity index (χ1n) is 11.1. The van der Waals surface area contributed by atoms with Crippen LogP contribution in [-0.2, 0) is 10.1 Å². The molecule has 0 heterocycles. The van der Waals surface area contributed by atoms with Crippen molar-refractivity contribution in [1.82, 2.24) is 0 Å². The molecule has 0 aliphatic rings. The van der Waals surface area contributed by atoms with Crippen LogP contribution in [0.15, 0.2) is 0 Å². The molecule has 0 radical (unpaired) electrons. The summed E-state index contributed by atoms with van der Waals surface area (Å²) in [5.41, 5.74) is -11.5. The fourth-order valence-electron chi connectivity index (χ4n) is 4.55. The minimum atomic E-state index is -6.38. The Morgan fingerprint density at radius 2 is 0.829 bits per heavy atom. The molecule has 0 amide bonds. The number of hydrogen-bond acceptors (Lipinski definition) is 3. The number of alkyl halides is 9. The molecule has 0 rings (SSSR count). The van der Waals surface area contributed by atoms with Gasteiger partial charge in [-0.1, -0.05) is 0 Å². The predicted octanol–water partition coefficient (Wildman–Crippen LogP) is 4.84. The highest BCUT2D eigenvalue weighted by Gasteiger charge is 2.73. The molecule has 0 aromatic carbocycles. The van der Waals surface area contributed by atoms with E-state index in [2.05, 4.69) is 27.7 Å². The van der Waals surface area contributed by atoms with E-state index < -0.39 is 91.2 Å². The Bertz CT molecular complexity index is 652. The monoisotopic (exact) mass is 555 g/mol. The van der Waals surface area contributed by atoms with Crippen molar-refractivity contribution in [2.75, 3.05) is 86.3 Å². The van der Waals surface area contributed by atoms with Crippen LogP contribution in [0.5, 0.6) is 0 Å². The Labute approximate surface area is 202 Å². The summed E-state index contributed by atoms with van der Waals surface area (Å²) in [6.45, 7) is -8.16. The van der Waals surface area contributed by atoms with E-state index in [0.29, 0.717) is 0 Å². The first-order valence-corrected chi connectivity index (χ1v) is 12.5. The molecule has 0 atom stereocenters. The van der Waals surface area contributed by atoms with E-state index in [0.717, 1.165) is 0 Å². The van der Waals surface area contributed by atoms with Crippen LogP contribution in [-0.4, -0.2) is 108 Å². The summed E-state index contributed by atoms with van der Waals surface area (Å²) >= 11 is 0. The molecule has 0 aromatic rings. The van der Waals surface area contributed by atoms with Crippen molar-refractivity contribution in [1.29, 1.82) is 0 Å². The van der Waals surface area contributed by atoms with E-state index in [1.54, 1.807) is 0 Å². The molecule has 0 saturated carbocycles. The van der Waals surface area contributed by atoms with Crippen molar-refractivity contribution in [3.05, 3.63) is 0 Å². The topological polar surface area (TPSA) is 57.2 Å². The Balaban J connectivity index is 0. The predicted molar refractivity (Wildman–Crippen MR) is 116 cm³/mol. The van der Waals surface area contributed by atoms with Crippen LogP contribution >= 0.6 is 0 Å². The van der Waals surface area contributed by atoms with E-state index in [-0.39, 0.29) is 0 Å². The van der Waals surface area contributed by atoms with Gasteiger partial charge < -0.3 is 9.04 Å². The highest BCUT2D eigenvalue weighted by Crippen LogP contribution is 2.61. The van der Waals surface area contributed by atoms with Crippen molar-refractivity contribution < 1.29 is 57.0 Å². The summed E-state index contributed by atoms with van der Waals surface area (Å²) in [4.78, 5) is 0. The molecule has 0 unspecified atom stereocenters. The maximum atomic E-state index is 13.8. The SMILES string of the molecule is CC[N+](CC)(CC)CC.O=S(=O)([O-])C(CF)(CF)C(CF)(CF)C(CF)(CF)C(CF)(CF)CF. The second-order valence-electron chi connectivity index (χ2n) is 8.70. The van der Waals surface area contributed by atoms with Crippen LogP contribution in [0.1, 0.15) is 27.7 Å². The van der Waals surface area contributed by atoms with Crippen LogP contribution in [0.3, 0.4) is 0 Å². The van der Waals surface area contributed by atoms with E-state index in [9.17, 15) is 52.5 Å². The van der Waals surface area contributed by atoms with Gasteiger partial charge in [0.15, 0.2) is 0 Å². The molecule has 4 nitrogen and oxygen atoms in total. The maximum absolute atomic E-state index is 13.8. The molecule has 0 spiro atoms. The summed E-state index contributed by atoms with van der Waals surface area (Å²) in [5.74, 6) is 0. The van der Waals surface area contributed by atoms with E-state index in [1.165, 1.54) is 30.7 Å². The van der Waals surface area contributed by atoms with Crippen molar-refractivity contribution >= 4 is 10.1 Å². The number of quaternary nitrogens is 1. The Kier molecular flexibility index (Phi) is 15.4. The summed E-state index contributed by atoms with van der Waals surface area (Å²) in [5, 5.41) is 0. The van der Waals surface area contributed by atoms with Gasteiger partial charge in [0.1, 0.15) is 48.2 Å². The molecule has 0 bridgehead atoms. The Hall–Kier alpha value is -0.760. The zero-order valence-electron chi connectivity index (χ0n) is 20.7. The lowest BCUT2D eigenvalue weighted by molar-refractivity contribution is -0.921. The highest BCUT2D eigenvalue weighted by molar-refractivity contribution is 7.87. The minimum Gasteiger partial charge on any atom is -0.747 e. The first kappa shape index (κ1) is 36.4. The molecule has 0 aromatic heterocycles. The summed E-state index contributed by atoms with van der Waals surface area (Å²) < 4.78 is 154. The van der Waals surface area contributed by atoms with Crippen molar-refractivity contribution in [2.45, 2.75) is 32.4 Å². The molecule has 0 aliphatic heterocycles. The molecule has 0 N–H and O–H groups in total. The molecule has 214 valence electrons. The molecule has 0 aliphatic carbocycles. The summed E-state index contributed by atoms with van der Waals surface area (Å²) in [6.07, 6.45) is 0. The average molecular weight is 556 g/mol. The zero-order chi connectivity index (χ0) is 28.2. The summed E-state index contributed by atoms with van der Waals surface area (Å²) in [6, 6.07) is 0. The largest absolute Gasteiger partial charge is 0.747 e. The van der Waals surface area contributed by atoms with Gasteiger partial charge in [0.05, 0.1) is 69.1 Å². The van der Waals surface area contributed by atoms with Gasteiger partial charge >= 0.3 is 0 Å². The summed E-state index contributed by atoms with van der Waals surface area (Å²) in [7, 11) is -6.38. The van der Waals surface area contributed by atoms with Gasteiger partial charge in [0.2, 0.25) is 0 Å². The third kappa shape index (κ3) is 5.89. The normalized spacial score (nSPS) is 14.0. The lowest BCUT2D eigenvalue weighted by Crippen LogP contribution is -2.73. The Morgan fingerprint density at radius 3 is 0.943 bits per heavy atom. The molecule has 35 heavy (non-hydrogen) atoms. The van der Waals surface area contributed by atoms with Crippen molar-refractivity contribution in [3.8, 4) is 0 Å². The van der Waals surface area contributed by atoms with Crippen LogP contribution < -0.4 is 0 Å². The van der Waals surface area contributed by atoms with Gasteiger partial charge in [0.25, 0.3) is 0 Å². The van der Waals surface area contributed by atoms with Gasteiger partial charge in [-0.05, 0) is 27.7 Å². The number of nitrogens with zero attached hydrogens (tertiary/aromatic N) is 1. The number of hydrogen-bond donors (Lipinski definition) is 0. The zero-order valence-corrected chi connectivity index (χ0v) is 21.5. The number of halogens is 9. The quantitative estimate of drug-likeness (QED) is 0.147. The van der Waals surface area contributed by atoms with Crippen LogP contribution in [0, 0.1) is 16.2 Å². The van der Waals surface area contributed by atoms with Gasteiger partial charge in [-0.25, -0.2) is 17.2 Å². The minimum absolute atomic E-state index is 1.28. The standard InChI is InChI=1S/C13H19F9O3S.C8H20N/c14-1-10(2-15,3-16)11(4-17,5-18)12(6-19,7-20)13(8-21,9-22)26(23,24)25;1-5-9(6-2,7-3)8-4/h1-9H2,(H,23,24,25);5-8H2,1-4H3/q;+1/p-1. The first-order chi connectivity index (χ1) is 16.3. The van der Waals surface area contributed by atoms with Gasteiger partial charge in [0, 0.05) is 0 Å². The third-order valence-electron chi connectivity index (χ3n) is 8.08. The fraction of sp³-hybridized carbons (Fsp3) is 1.00. The second kappa shape index (κ2) is 14.8. The molecule has 14 heteroatoms. The smallest absolute Gasteiger partial charge is 0.128 e. The molecule has 0 fully saturated rings. The fourth-order valence-corrected chi connectivity index (χ4v) is 5.60. The van der Waals surface area contributed by atoms with Crippen LogP contribution in [0.4, 0.5) is 39.5 Å². The molecular formula is C21H38F9NO3S. The third-order valence-corrected chi connectivity index (χ3v) is 9.64. The molecule has 0 saturated heterocycles. The highest BCUT2D eigenvalue weighted by atomic mass is 32.2. The van der Waals surface area contributed by atoms with Crippen LogP contribution in [0.25, 0.3) is 0 Å². The van der Waals surface area contributed by atoms with Gasteiger partial charge in [-0.3, -0.25) is 30.7 Å². The molecular weight excluding hydrogens is 517 g/mol. The van der Waals surface area contributed by atoms with Gasteiger partial charge in [-0.15, -0.1) is 0 Å². The van der Waals surface area contributed by atoms with E-state index in [1.807, 2.05) is 0 Å². The van der Waals surface area contributed by atoms with E-state index in [4.69, 9.17) is 0 Å². The van der Waals surface area contributed by atoms with Crippen LogP contribution in [0.2, 0.25) is 0 Å². The van der Waals surface area contributed by atoms with Gasteiger partial charge in [-0.2, -0.15) is 0 Å². The maximum Gasteiger partial charge on any atom is 0.128 e. The average Bonchev–Trinajstić information content (AvgIpc) is 2.88. The number of rotatable bonds is 17.